The molecule has 0 fully saturated rings. The quantitative estimate of drug-likeness (QED) is 0.725. The molecule has 0 spiro atoms. The van der Waals surface area contributed by atoms with Crippen molar-refractivity contribution in [1.29, 1.82) is 0 Å². The minimum Gasteiger partial charge on any atom is -0.508 e. The molecule has 14 heavy (non-hydrogen) atoms. The Hall–Kier alpha value is -2.04. The number of nitrogens with zero attached hydrogens (tertiary/aromatic N) is 1. The third-order valence-corrected chi connectivity index (χ3v) is 1.80. The second kappa shape index (κ2) is 3.02. The Morgan fingerprint density at radius 3 is 2.79 bits per heavy atom. The van der Waals surface area contributed by atoms with E-state index in [4.69, 9.17) is 15.4 Å². The molecule has 3 N–H and O–H groups in total. The number of phenols is 1. The highest BCUT2D eigenvalue weighted by Gasteiger charge is 2.12. The second-order valence-corrected chi connectivity index (χ2v) is 2.77. The number of nitrogens with two attached hydrogens (primary N) is 1. The summed E-state index contributed by atoms with van der Waals surface area (Å²) in [6.07, 6.45) is 1.29. The summed E-state index contributed by atoms with van der Waals surface area (Å²) in [5.41, 5.74) is 5.93. The van der Waals surface area contributed by atoms with Crippen molar-refractivity contribution in [2.75, 3.05) is 5.73 Å². The van der Waals surface area contributed by atoms with E-state index in [0.29, 0.717) is 0 Å². The lowest BCUT2D eigenvalue weighted by Gasteiger charge is -1.99. The van der Waals surface area contributed by atoms with Gasteiger partial charge in [0.05, 0.1) is 11.8 Å². The zero-order valence-corrected chi connectivity index (χ0v) is 7.07. The minimum absolute atomic E-state index is 0.149. The van der Waals surface area contributed by atoms with Crippen molar-refractivity contribution in [1.82, 2.24) is 5.16 Å². The van der Waals surface area contributed by atoms with Crippen LogP contribution in [0, 0.1) is 5.82 Å². The topological polar surface area (TPSA) is 72.3 Å². The van der Waals surface area contributed by atoms with Crippen LogP contribution in [0.3, 0.4) is 0 Å². The SMILES string of the molecule is Nc1cnoc1-c1ccc(O)cc1F. The van der Waals surface area contributed by atoms with Crippen molar-refractivity contribution in [2.45, 2.75) is 0 Å². The van der Waals surface area contributed by atoms with Crippen LogP contribution in [-0.4, -0.2) is 10.3 Å². The average Bonchev–Trinajstić information content (AvgIpc) is 2.52. The number of aromatic nitrogens is 1. The largest absolute Gasteiger partial charge is 0.508 e. The molecular weight excluding hydrogens is 187 g/mol. The molecule has 0 atom stereocenters. The lowest BCUT2D eigenvalue weighted by atomic mass is 10.1. The first-order chi connectivity index (χ1) is 6.68. The van der Waals surface area contributed by atoms with Crippen LogP contribution in [0.5, 0.6) is 5.75 Å². The summed E-state index contributed by atoms with van der Waals surface area (Å²) >= 11 is 0. The Bertz CT molecular complexity index is 468. The number of anilines is 1. The molecule has 0 unspecified atom stereocenters. The molecule has 4 nitrogen and oxygen atoms in total. The molecule has 2 aromatic rings. The molecule has 1 aromatic carbocycles. The van der Waals surface area contributed by atoms with E-state index in [9.17, 15) is 4.39 Å². The van der Waals surface area contributed by atoms with E-state index in [-0.39, 0.29) is 22.8 Å². The number of aromatic hydroxyl groups is 1. The highest BCUT2D eigenvalue weighted by Crippen LogP contribution is 2.29. The van der Waals surface area contributed by atoms with Crippen LogP contribution in [0.2, 0.25) is 0 Å². The molecule has 0 bridgehead atoms. The summed E-state index contributed by atoms with van der Waals surface area (Å²) in [6, 6.07) is 3.71. The van der Waals surface area contributed by atoms with Crippen LogP contribution < -0.4 is 5.73 Å². The van der Waals surface area contributed by atoms with Crippen molar-refractivity contribution in [3.8, 4) is 17.1 Å². The van der Waals surface area contributed by atoms with Crippen LogP contribution in [-0.2, 0) is 0 Å². The number of hydrogen-bond donors (Lipinski definition) is 2. The number of benzene rings is 1. The summed E-state index contributed by atoms with van der Waals surface area (Å²) in [7, 11) is 0. The van der Waals surface area contributed by atoms with Gasteiger partial charge >= 0.3 is 0 Å². The smallest absolute Gasteiger partial charge is 0.192 e. The van der Waals surface area contributed by atoms with Gasteiger partial charge in [0.25, 0.3) is 0 Å². The predicted molar refractivity (Wildman–Crippen MR) is 48.0 cm³/mol. The van der Waals surface area contributed by atoms with Crippen molar-refractivity contribution in [3.05, 3.63) is 30.2 Å². The molecule has 2 rings (SSSR count). The summed E-state index contributed by atoms with van der Waals surface area (Å²) in [4.78, 5) is 0. The summed E-state index contributed by atoms with van der Waals surface area (Å²) in [5, 5.41) is 12.4. The molecule has 0 aliphatic rings. The highest BCUT2D eigenvalue weighted by molar-refractivity contribution is 5.70. The number of rotatable bonds is 1. The molecule has 0 radical (unpaired) electrons. The van der Waals surface area contributed by atoms with Crippen LogP contribution in [0.15, 0.2) is 28.9 Å². The van der Waals surface area contributed by atoms with Gasteiger partial charge in [-0.05, 0) is 12.1 Å². The van der Waals surface area contributed by atoms with Crippen molar-refractivity contribution in [3.63, 3.8) is 0 Å². The first-order valence-electron chi connectivity index (χ1n) is 3.87. The van der Waals surface area contributed by atoms with Gasteiger partial charge in [-0.1, -0.05) is 5.16 Å². The van der Waals surface area contributed by atoms with Gasteiger partial charge in [0.1, 0.15) is 17.3 Å². The molecule has 0 aliphatic heterocycles. The molecular formula is C9H7FN2O2. The maximum Gasteiger partial charge on any atom is 0.192 e. The molecule has 72 valence electrons. The zero-order chi connectivity index (χ0) is 10.1. The van der Waals surface area contributed by atoms with Crippen LogP contribution in [0.25, 0.3) is 11.3 Å². The first kappa shape index (κ1) is 8.55. The fourth-order valence-electron chi connectivity index (χ4n) is 1.14. The first-order valence-corrected chi connectivity index (χ1v) is 3.87. The molecule has 5 heteroatoms. The monoisotopic (exact) mass is 194 g/mol. The fraction of sp³-hybridized carbons (Fsp3) is 0. The van der Waals surface area contributed by atoms with Crippen molar-refractivity contribution >= 4 is 5.69 Å². The van der Waals surface area contributed by atoms with Gasteiger partial charge in [-0.25, -0.2) is 4.39 Å². The van der Waals surface area contributed by atoms with Crippen LogP contribution in [0.4, 0.5) is 10.1 Å². The maximum absolute atomic E-state index is 13.3. The molecule has 0 saturated carbocycles. The number of halogens is 1. The van der Waals surface area contributed by atoms with E-state index in [1.807, 2.05) is 0 Å². The van der Waals surface area contributed by atoms with Crippen LogP contribution in [0.1, 0.15) is 0 Å². The van der Waals surface area contributed by atoms with Gasteiger partial charge < -0.3 is 15.4 Å². The van der Waals surface area contributed by atoms with Gasteiger partial charge in [0.2, 0.25) is 0 Å². The van der Waals surface area contributed by atoms with E-state index in [2.05, 4.69) is 5.16 Å². The van der Waals surface area contributed by atoms with Gasteiger partial charge in [-0.2, -0.15) is 0 Å². The van der Waals surface area contributed by atoms with Gasteiger partial charge in [0, 0.05) is 6.07 Å². The fourth-order valence-corrected chi connectivity index (χ4v) is 1.14. The van der Waals surface area contributed by atoms with Crippen molar-refractivity contribution < 1.29 is 14.0 Å². The summed E-state index contributed by atoms with van der Waals surface area (Å²) in [5.74, 6) is -0.583. The van der Waals surface area contributed by atoms with Crippen LogP contribution >= 0.6 is 0 Å². The van der Waals surface area contributed by atoms with Gasteiger partial charge in [0.15, 0.2) is 5.76 Å². The third kappa shape index (κ3) is 1.28. The zero-order valence-electron chi connectivity index (χ0n) is 7.07. The van der Waals surface area contributed by atoms with Gasteiger partial charge in [-0.15, -0.1) is 0 Å². The molecule has 0 saturated heterocycles. The number of nitrogen functional groups attached to an aromatic ring is 1. The van der Waals surface area contributed by atoms with Gasteiger partial charge in [-0.3, -0.25) is 0 Å². The number of phenolic OH excluding ortho intramolecular Hbond substituents is 1. The predicted octanol–water partition coefficient (Wildman–Crippen LogP) is 1.77. The Morgan fingerprint density at radius 2 is 2.21 bits per heavy atom. The Balaban J connectivity index is 2.58. The molecule has 1 heterocycles. The lowest BCUT2D eigenvalue weighted by molar-refractivity contribution is 0.429. The lowest BCUT2D eigenvalue weighted by Crippen LogP contribution is -1.87. The Kier molecular flexibility index (Phi) is 1.85. The van der Waals surface area contributed by atoms with E-state index in [1.54, 1.807) is 0 Å². The Labute approximate surface area is 78.8 Å². The molecule has 0 amide bonds. The summed E-state index contributed by atoms with van der Waals surface area (Å²) < 4.78 is 18.1. The summed E-state index contributed by atoms with van der Waals surface area (Å²) in [6.45, 7) is 0. The highest BCUT2D eigenvalue weighted by atomic mass is 19.1. The number of hydrogen-bond acceptors (Lipinski definition) is 4. The third-order valence-electron chi connectivity index (χ3n) is 1.80. The molecule has 0 aliphatic carbocycles. The van der Waals surface area contributed by atoms with E-state index < -0.39 is 5.82 Å². The van der Waals surface area contributed by atoms with E-state index in [0.717, 1.165) is 6.07 Å². The maximum atomic E-state index is 13.3. The molecule has 1 aromatic heterocycles. The normalized spacial score (nSPS) is 10.4. The minimum atomic E-state index is -0.603. The van der Waals surface area contributed by atoms with E-state index in [1.165, 1.54) is 18.3 Å². The van der Waals surface area contributed by atoms with Crippen molar-refractivity contribution in [2.24, 2.45) is 0 Å². The average molecular weight is 194 g/mol. The second-order valence-electron chi connectivity index (χ2n) is 2.77. The standard InChI is InChI=1S/C9H7FN2O2/c10-7-3-5(13)1-2-6(7)9-8(11)4-12-14-9/h1-4,13H,11H2. The Morgan fingerprint density at radius 1 is 1.43 bits per heavy atom. The van der Waals surface area contributed by atoms with E-state index >= 15 is 0 Å².